The summed E-state index contributed by atoms with van der Waals surface area (Å²) in [5.41, 5.74) is 15.3. The summed E-state index contributed by atoms with van der Waals surface area (Å²) in [7, 11) is 0. The van der Waals surface area contributed by atoms with Gasteiger partial charge in [0.15, 0.2) is 0 Å². The van der Waals surface area contributed by atoms with Crippen LogP contribution in [0.25, 0.3) is 0 Å². The third kappa shape index (κ3) is 34.7. The molecule has 0 aromatic heterocycles. The number of hydrogen-bond acceptors (Lipinski definition) is 3. The number of aliphatic carboxylic acids is 2. The molecule has 0 saturated carbocycles. The van der Waals surface area contributed by atoms with Gasteiger partial charge < -0.3 is 15.9 Å². The maximum absolute atomic E-state index is 9.85. The van der Waals surface area contributed by atoms with Crippen molar-refractivity contribution in [2.45, 2.75) is 107 Å². The van der Waals surface area contributed by atoms with Crippen molar-refractivity contribution >= 4 is 11.9 Å². The number of carbonyl (C=O) groups is 2. The fourth-order valence-electron chi connectivity index (χ4n) is 3.69. The first-order valence-corrected chi connectivity index (χ1v) is 16.9. The average molecular weight is 670 g/mol. The Morgan fingerprint density at radius 2 is 0.816 bits per heavy atom. The molecular formula is C44H63NO4. The Morgan fingerprint density at radius 3 is 1.08 bits per heavy atom. The highest BCUT2D eigenvalue weighted by atomic mass is 16.4. The maximum atomic E-state index is 9.85. The quantitative estimate of drug-likeness (QED) is 0.0938. The van der Waals surface area contributed by atoms with E-state index in [0.717, 1.165) is 25.7 Å². The van der Waals surface area contributed by atoms with Crippen LogP contribution in [-0.2, 0) is 9.59 Å². The van der Waals surface area contributed by atoms with Crippen molar-refractivity contribution < 1.29 is 19.8 Å². The molecule has 0 aromatic rings. The minimum atomic E-state index is -1.29. The van der Waals surface area contributed by atoms with Gasteiger partial charge in [0.1, 0.15) is 6.04 Å². The van der Waals surface area contributed by atoms with Crippen molar-refractivity contribution in [2.75, 3.05) is 0 Å². The molecule has 1 atom stereocenters. The number of allylic oxidation sites excluding steroid dienone is 26. The zero-order valence-corrected chi connectivity index (χ0v) is 31.8. The first-order valence-electron chi connectivity index (χ1n) is 16.9. The number of carboxylic acid groups (broad SMARTS) is 2. The molecule has 268 valence electrons. The van der Waals surface area contributed by atoms with Crippen LogP contribution in [-0.4, -0.2) is 28.2 Å². The van der Waals surface area contributed by atoms with Crippen LogP contribution in [0.5, 0.6) is 0 Å². The molecule has 0 radical (unpaired) electrons. The van der Waals surface area contributed by atoms with Gasteiger partial charge in [0.25, 0.3) is 0 Å². The van der Waals surface area contributed by atoms with E-state index in [2.05, 4.69) is 179 Å². The molecule has 0 aromatic carbocycles. The van der Waals surface area contributed by atoms with Gasteiger partial charge in [0.2, 0.25) is 0 Å². The summed E-state index contributed by atoms with van der Waals surface area (Å²) in [4.78, 5) is 19.6. The van der Waals surface area contributed by atoms with Crippen LogP contribution < -0.4 is 5.73 Å². The minimum Gasteiger partial charge on any atom is -0.481 e. The molecule has 5 nitrogen and oxygen atoms in total. The standard InChI is InChI=1S/C40H56.C4H7NO4/c1-33(2)19-13-23-37(7)27-17-31-39(9)29-15-25-35(5)21-11-12-22-36(6)26-16-30-40(10)32-18-28-38(8)24-14-20-34(3)4;5-2(4(8)9)1-3(6)7/h11-12,15-22,25-32H,13-14,23-24H2,1-10H3;2H,1,5H2,(H,6,7)(H,8,9)/b12-11+,25-15+,26-16+,31-17+,32-18+,35-21+,36-22+,37-27+,38-28+,39-29+,40-30+;/t;2-/m.0/s1. The fourth-order valence-corrected chi connectivity index (χ4v) is 3.69. The highest BCUT2D eigenvalue weighted by Gasteiger charge is 2.14. The van der Waals surface area contributed by atoms with Crippen LogP contribution >= 0.6 is 0 Å². The summed E-state index contributed by atoms with van der Waals surface area (Å²) in [5.74, 6) is -2.50. The summed E-state index contributed by atoms with van der Waals surface area (Å²) < 4.78 is 0. The Labute approximate surface area is 298 Å². The molecule has 0 bridgehead atoms. The molecule has 0 heterocycles. The monoisotopic (exact) mass is 669 g/mol. The number of nitrogens with two attached hydrogens (primary N) is 1. The predicted molar refractivity (Wildman–Crippen MR) is 213 cm³/mol. The zero-order valence-electron chi connectivity index (χ0n) is 31.8. The molecule has 0 amide bonds. The fraction of sp³-hybridized carbons (Fsp3) is 0.364. The average Bonchev–Trinajstić information content (AvgIpc) is 2.99. The third-order valence-corrected chi connectivity index (χ3v) is 6.64. The van der Waals surface area contributed by atoms with Crippen molar-refractivity contribution in [3.8, 4) is 0 Å². The van der Waals surface area contributed by atoms with Gasteiger partial charge in [-0.1, -0.05) is 154 Å². The molecular weight excluding hydrogens is 606 g/mol. The van der Waals surface area contributed by atoms with E-state index in [0.29, 0.717) is 0 Å². The highest BCUT2D eigenvalue weighted by Crippen LogP contribution is 2.09. The third-order valence-electron chi connectivity index (χ3n) is 6.64. The molecule has 0 unspecified atom stereocenters. The van der Waals surface area contributed by atoms with Crippen LogP contribution in [0.15, 0.2) is 154 Å². The lowest BCUT2D eigenvalue weighted by molar-refractivity contribution is -0.144. The molecule has 0 saturated heterocycles. The summed E-state index contributed by atoms with van der Waals surface area (Å²) >= 11 is 0. The summed E-state index contributed by atoms with van der Waals surface area (Å²) in [6.45, 7) is 21.5. The second kappa shape index (κ2) is 29.6. The van der Waals surface area contributed by atoms with Gasteiger partial charge in [0, 0.05) is 0 Å². The van der Waals surface area contributed by atoms with Gasteiger partial charge >= 0.3 is 11.9 Å². The molecule has 0 aliphatic heterocycles. The molecule has 4 N–H and O–H groups in total. The predicted octanol–water partition coefficient (Wildman–Crippen LogP) is 11.8. The van der Waals surface area contributed by atoms with E-state index in [4.69, 9.17) is 15.9 Å². The Hall–Kier alpha value is -4.48. The lowest BCUT2D eigenvalue weighted by Gasteiger charge is -1.99. The first-order chi connectivity index (χ1) is 23.0. The molecule has 0 fully saturated rings. The second-order valence-electron chi connectivity index (χ2n) is 12.7. The van der Waals surface area contributed by atoms with E-state index in [1.54, 1.807) is 0 Å². The van der Waals surface area contributed by atoms with Gasteiger partial charge in [-0.3, -0.25) is 9.59 Å². The molecule has 0 rings (SSSR count). The Morgan fingerprint density at radius 1 is 0.510 bits per heavy atom. The van der Waals surface area contributed by atoms with Gasteiger partial charge in [-0.05, 0) is 94.9 Å². The smallest absolute Gasteiger partial charge is 0.321 e. The van der Waals surface area contributed by atoms with E-state index >= 15 is 0 Å². The van der Waals surface area contributed by atoms with Crippen molar-refractivity contribution in [3.05, 3.63) is 154 Å². The summed E-state index contributed by atoms with van der Waals surface area (Å²) in [6, 6.07) is -1.29. The molecule has 49 heavy (non-hydrogen) atoms. The highest BCUT2D eigenvalue weighted by molar-refractivity contribution is 5.80. The number of carboxylic acids is 2. The number of rotatable bonds is 19. The van der Waals surface area contributed by atoms with Crippen LogP contribution in [0.2, 0.25) is 0 Å². The largest absolute Gasteiger partial charge is 0.481 e. The topological polar surface area (TPSA) is 101 Å². The Kier molecular flexibility index (Phi) is 28.2. The van der Waals surface area contributed by atoms with Crippen molar-refractivity contribution in [2.24, 2.45) is 5.73 Å². The lowest BCUT2D eigenvalue weighted by Crippen LogP contribution is -2.32. The lowest BCUT2D eigenvalue weighted by atomic mass is 10.1. The van der Waals surface area contributed by atoms with Crippen molar-refractivity contribution in [1.82, 2.24) is 0 Å². The van der Waals surface area contributed by atoms with Crippen LogP contribution in [0.4, 0.5) is 0 Å². The van der Waals surface area contributed by atoms with Crippen LogP contribution in [0, 0.1) is 0 Å². The van der Waals surface area contributed by atoms with Crippen LogP contribution in [0.3, 0.4) is 0 Å². The Bertz CT molecular complexity index is 1330. The maximum Gasteiger partial charge on any atom is 0.321 e. The second-order valence-corrected chi connectivity index (χ2v) is 12.7. The van der Waals surface area contributed by atoms with Gasteiger partial charge in [-0.25, -0.2) is 0 Å². The zero-order chi connectivity index (χ0) is 37.6. The normalized spacial score (nSPS) is 14.6. The van der Waals surface area contributed by atoms with Crippen molar-refractivity contribution in [1.29, 1.82) is 0 Å². The van der Waals surface area contributed by atoms with Crippen LogP contribution in [0.1, 0.15) is 101 Å². The van der Waals surface area contributed by atoms with Gasteiger partial charge in [-0.15, -0.1) is 0 Å². The van der Waals surface area contributed by atoms with Gasteiger partial charge in [-0.2, -0.15) is 0 Å². The van der Waals surface area contributed by atoms with Gasteiger partial charge in [0.05, 0.1) is 6.42 Å². The molecule has 0 aliphatic carbocycles. The van der Waals surface area contributed by atoms with E-state index < -0.39 is 24.4 Å². The molecule has 0 aliphatic rings. The van der Waals surface area contributed by atoms with Crippen molar-refractivity contribution in [3.63, 3.8) is 0 Å². The number of hydrogen-bond donors (Lipinski definition) is 3. The SMILES string of the molecule is CC(C)=CCC/C(C)=C/C=C/C(C)=C/C=C/C(C)=C/C=C/C=C(C)/C=C/C=C(C)/C=C/C=C(\C)CCC=C(C)C.N[C@@H](CC(=O)O)C(=O)O. The summed E-state index contributed by atoms with van der Waals surface area (Å²) in [6.07, 6.45) is 42.8. The van der Waals surface area contributed by atoms with E-state index in [-0.39, 0.29) is 0 Å². The summed E-state index contributed by atoms with van der Waals surface area (Å²) in [5, 5.41) is 16.0. The van der Waals surface area contributed by atoms with E-state index in [1.165, 1.54) is 44.6 Å². The Balaban J connectivity index is 0. The first kappa shape index (κ1) is 46.6. The molecule has 5 heteroatoms. The minimum absolute atomic E-state index is 0.532. The van der Waals surface area contributed by atoms with E-state index in [1.807, 2.05) is 0 Å². The molecule has 0 spiro atoms. The van der Waals surface area contributed by atoms with E-state index in [9.17, 15) is 9.59 Å².